The lowest BCUT2D eigenvalue weighted by Gasteiger charge is -2.08. The third kappa shape index (κ3) is 1.76. The van der Waals surface area contributed by atoms with Crippen LogP contribution in [0, 0.1) is 6.92 Å². The number of hydrogen-bond donors (Lipinski definition) is 0. The topological polar surface area (TPSA) is 22.1 Å². The van der Waals surface area contributed by atoms with Gasteiger partial charge in [-0.1, -0.05) is 13.8 Å². The van der Waals surface area contributed by atoms with Gasteiger partial charge in [0, 0.05) is 6.20 Å². The highest BCUT2D eigenvalue weighted by molar-refractivity contribution is 5.31. The van der Waals surface area contributed by atoms with Crippen LogP contribution in [0.5, 0.6) is 5.75 Å². The molecule has 0 aromatic carbocycles. The van der Waals surface area contributed by atoms with Crippen LogP contribution in [0.2, 0.25) is 0 Å². The van der Waals surface area contributed by atoms with Crippen molar-refractivity contribution < 1.29 is 4.74 Å². The second-order valence-corrected chi connectivity index (χ2v) is 3.21. The van der Waals surface area contributed by atoms with E-state index in [9.17, 15) is 0 Å². The summed E-state index contributed by atoms with van der Waals surface area (Å²) in [6, 6.07) is 2.05. The van der Waals surface area contributed by atoms with E-state index in [-0.39, 0.29) is 0 Å². The normalized spacial score (nSPS) is 10.4. The van der Waals surface area contributed by atoms with E-state index in [4.69, 9.17) is 4.74 Å². The molecule has 2 heteroatoms. The zero-order valence-corrected chi connectivity index (χ0v) is 8.09. The monoisotopic (exact) mass is 165 g/mol. The molecule has 0 atom stereocenters. The minimum absolute atomic E-state index is 0.506. The minimum Gasteiger partial charge on any atom is -0.495 e. The summed E-state index contributed by atoms with van der Waals surface area (Å²) < 4.78 is 5.17. The molecule has 0 radical (unpaired) electrons. The molecule has 0 aliphatic carbocycles. The van der Waals surface area contributed by atoms with E-state index >= 15 is 0 Å². The summed E-state index contributed by atoms with van der Waals surface area (Å²) in [6.45, 7) is 6.24. The lowest BCUT2D eigenvalue weighted by molar-refractivity contribution is 0.408. The molecule has 2 nitrogen and oxygen atoms in total. The molecule has 0 spiro atoms. The maximum Gasteiger partial charge on any atom is 0.140 e. The Balaban J connectivity index is 3.05. The first kappa shape index (κ1) is 9.04. The van der Waals surface area contributed by atoms with Gasteiger partial charge in [0.1, 0.15) is 5.75 Å². The van der Waals surface area contributed by atoms with Crippen LogP contribution in [0.4, 0.5) is 0 Å². The standard InChI is InChI=1S/C10H15NO/c1-7(2)9-5-10(12-4)8(3)11-6-9/h5-7H,1-4H3. The first-order chi connectivity index (χ1) is 5.65. The molecule has 0 saturated carbocycles. The molecule has 0 aliphatic heterocycles. The predicted octanol–water partition coefficient (Wildman–Crippen LogP) is 2.52. The van der Waals surface area contributed by atoms with Crippen molar-refractivity contribution in [1.29, 1.82) is 0 Å². The fourth-order valence-electron chi connectivity index (χ4n) is 1.05. The van der Waals surface area contributed by atoms with Crippen LogP contribution in [0.3, 0.4) is 0 Å². The van der Waals surface area contributed by atoms with Crippen LogP contribution in [-0.4, -0.2) is 12.1 Å². The SMILES string of the molecule is COc1cc(C(C)C)cnc1C. The van der Waals surface area contributed by atoms with Crippen molar-refractivity contribution in [3.05, 3.63) is 23.5 Å². The number of rotatable bonds is 2. The Bertz CT molecular complexity index is 269. The van der Waals surface area contributed by atoms with Gasteiger partial charge in [-0.3, -0.25) is 4.98 Å². The Hall–Kier alpha value is -1.05. The molecule has 0 amide bonds. The third-order valence-corrected chi connectivity index (χ3v) is 1.95. The van der Waals surface area contributed by atoms with Crippen molar-refractivity contribution in [2.75, 3.05) is 7.11 Å². The molecule has 0 N–H and O–H groups in total. The largest absolute Gasteiger partial charge is 0.495 e. The van der Waals surface area contributed by atoms with Crippen molar-refractivity contribution in [3.8, 4) is 5.75 Å². The number of aromatic nitrogens is 1. The van der Waals surface area contributed by atoms with Gasteiger partial charge in [-0.15, -0.1) is 0 Å². The van der Waals surface area contributed by atoms with Crippen LogP contribution in [0.1, 0.15) is 31.0 Å². The van der Waals surface area contributed by atoms with Gasteiger partial charge in [-0.25, -0.2) is 0 Å². The molecule has 12 heavy (non-hydrogen) atoms. The molecule has 0 saturated heterocycles. The van der Waals surface area contributed by atoms with Crippen LogP contribution >= 0.6 is 0 Å². The predicted molar refractivity (Wildman–Crippen MR) is 49.6 cm³/mol. The Morgan fingerprint density at radius 2 is 2.08 bits per heavy atom. The molecule has 0 aliphatic rings. The van der Waals surface area contributed by atoms with Gasteiger partial charge in [0.15, 0.2) is 0 Å². The summed E-state index contributed by atoms with van der Waals surface area (Å²) in [5, 5.41) is 0. The average Bonchev–Trinajstić information content (AvgIpc) is 2.05. The lowest BCUT2D eigenvalue weighted by atomic mass is 10.1. The highest BCUT2D eigenvalue weighted by atomic mass is 16.5. The Morgan fingerprint density at radius 1 is 1.42 bits per heavy atom. The molecular weight excluding hydrogens is 150 g/mol. The lowest BCUT2D eigenvalue weighted by Crippen LogP contribution is -1.94. The van der Waals surface area contributed by atoms with Crippen LogP contribution < -0.4 is 4.74 Å². The Kier molecular flexibility index (Phi) is 2.69. The Labute approximate surface area is 73.6 Å². The summed E-state index contributed by atoms with van der Waals surface area (Å²) in [6.07, 6.45) is 1.91. The van der Waals surface area contributed by atoms with Gasteiger partial charge in [0.25, 0.3) is 0 Å². The van der Waals surface area contributed by atoms with Crippen molar-refractivity contribution >= 4 is 0 Å². The first-order valence-corrected chi connectivity index (χ1v) is 4.15. The number of methoxy groups -OCH3 is 1. The maximum absolute atomic E-state index is 5.17. The summed E-state index contributed by atoms with van der Waals surface area (Å²) in [5.41, 5.74) is 2.17. The van der Waals surface area contributed by atoms with Gasteiger partial charge in [-0.2, -0.15) is 0 Å². The van der Waals surface area contributed by atoms with E-state index in [1.54, 1.807) is 7.11 Å². The van der Waals surface area contributed by atoms with Crippen LogP contribution in [0.15, 0.2) is 12.3 Å². The molecule has 0 bridgehead atoms. The molecule has 1 aromatic heterocycles. The highest BCUT2D eigenvalue weighted by Gasteiger charge is 2.03. The van der Waals surface area contributed by atoms with Gasteiger partial charge in [0.2, 0.25) is 0 Å². The Morgan fingerprint density at radius 3 is 2.58 bits per heavy atom. The van der Waals surface area contributed by atoms with Crippen LogP contribution in [0.25, 0.3) is 0 Å². The van der Waals surface area contributed by atoms with E-state index < -0.39 is 0 Å². The van der Waals surface area contributed by atoms with E-state index in [0.29, 0.717) is 5.92 Å². The number of hydrogen-bond acceptors (Lipinski definition) is 2. The first-order valence-electron chi connectivity index (χ1n) is 4.15. The van der Waals surface area contributed by atoms with Crippen molar-refractivity contribution in [2.24, 2.45) is 0 Å². The van der Waals surface area contributed by atoms with Crippen LogP contribution in [-0.2, 0) is 0 Å². The summed E-state index contributed by atoms with van der Waals surface area (Å²) >= 11 is 0. The second kappa shape index (κ2) is 3.57. The smallest absolute Gasteiger partial charge is 0.140 e. The number of ether oxygens (including phenoxy) is 1. The number of aryl methyl sites for hydroxylation is 1. The highest BCUT2D eigenvalue weighted by Crippen LogP contribution is 2.21. The molecule has 0 fully saturated rings. The quantitative estimate of drug-likeness (QED) is 0.671. The van der Waals surface area contributed by atoms with Gasteiger partial charge in [0.05, 0.1) is 12.8 Å². The van der Waals surface area contributed by atoms with Crippen molar-refractivity contribution in [2.45, 2.75) is 26.7 Å². The fraction of sp³-hybridized carbons (Fsp3) is 0.500. The number of pyridine rings is 1. The summed E-state index contributed by atoms with van der Waals surface area (Å²) in [7, 11) is 1.67. The maximum atomic E-state index is 5.17. The van der Waals surface area contributed by atoms with Crippen molar-refractivity contribution in [1.82, 2.24) is 4.98 Å². The van der Waals surface area contributed by atoms with Crippen molar-refractivity contribution in [3.63, 3.8) is 0 Å². The van der Waals surface area contributed by atoms with E-state index in [2.05, 4.69) is 18.8 Å². The van der Waals surface area contributed by atoms with Gasteiger partial charge < -0.3 is 4.74 Å². The van der Waals surface area contributed by atoms with E-state index in [1.165, 1.54) is 5.56 Å². The third-order valence-electron chi connectivity index (χ3n) is 1.95. The zero-order chi connectivity index (χ0) is 9.14. The zero-order valence-electron chi connectivity index (χ0n) is 8.09. The average molecular weight is 165 g/mol. The molecular formula is C10H15NO. The molecule has 1 aromatic rings. The number of nitrogens with zero attached hydrogens (tertiary/aromatic N) is 1. The summed E-state index contributed by atoms with van der Waals surface area (Å²) in [5.74, 6) is 1.38. The molecule has 0 unspecified atom stereocenters. The molecule has 1 rings (SSSR count). The molecule has 1 heterocycles. The summed E-state index contributed by atoms with van der Waals surface area (Å²) in [4.78, 5) is 4.25. The molecule has 66 valence electrons. The second-order valence-electron chi connectivity index (χ2n) is 3.21. The van der Waals surface area contributed by atoms with Gasteiger partial charge in [-0.05, 0) is 24.5 Å². The van der Waals surface area contributed by atoms with E-state index in [1.807, 2.05) is 19.2 Å². The van der Waals surface area contributed by atoms with Gasteiger partial charge >= 0.3 is 0 Å². The minimum atomic E-state index is 0.506. The fourth-order valence-corrected chi connectivity index (χ4v) is 1.05. The van der Waals surface area contributed by atoms with E-state index in [0.717, 1.165) is 11.4 Å².